The van der Waals surface area contributed by atoms with Gasteiger partial charge in [-0.1, -0.05) is 28.6 Å². The third-order valence-corrected chi connectivity index (χ3v) is 5.34. The SMILES string of the molecule is Cc1noc2nc(C3CC3)cc(C(=O)Nc3nc4ccccc4s3)c12. The molecule has 0 bridgehead atoms. The van der Waals surface area contributed by atoms with Crippen molar-refractivity contribution < 1.29 is 9.32 Å². The summed E-state index contributed by atoms with van der Waals surface area (Å²) >= 11 is 1.46. The number of nitrogens with zero attached hydrogens (tertiary/aromatic N) is 3. The van der Waals surface area contributed by atoms with Crippen LogP contribution >= 0.6 is 11.3 Å². The highest BCUT2D eigenvalue weighted by molar-refractivity contribution is 7.22. The molecule has 1 saturated carbocycles. The maximum absolute atomic E-state index is 12.9. The van der Waals surface area contributed by atoms with E-state index in [0.29, 0.717) is 33.4 Å². The second kappa shape index (κ2) is 5.35. The van der Waals surface area contributed by atoms with E-state index in [0.717, 1.165) is 28.8 Å². The first-order chi connectivity index (χ1) is 12.2. The zero-order chi connectivity index (χ0) is 17.0. The van der Waals surface area contributed by atoms with E-state index in [1.165, 1.54) is 11.3 Å². The van der Waals surface area contributed by atoms with E-state index in [2.05, 4.69) is 20.4 Å². The van der Waals surface area contributed by atoms with Gasteiger partial charge >= 0.3 is 0 Å². The second-order valence-electron chi connectivity index (χ2n) is 6.26. The van der Waals surface area contributed by atoms with Crippen molar-refractivity contribution in [3.63, 3.8) is 0 Å². The molecule has 1 aliphatic rings. The second-order valence-corrected chi connectivity index (χ2v) is 7.29. The van der Waals surface area contributed by atoms with E-state index in [1.807, 2.05) is 37.3 Å². The molecule has 25 heavy (non-hydrogen) atoms. The Bertz CT molecular complexity index is 1090. The summed E-state index contributed by atoms with van der Waals surface area (Å²) in [7, 11) is 0. The van der Waals surface area contributed by atoms with Crippen LogP contribution in [0, 0.1) is 6.92 Å². The first-order valence-electron chi connectivity index (χ1n) is 8.13. The smallest absolute Gasteiger partial charge is 0.259 e. The lowest BCUT2D eigenvalue weighted by Gasteiger charge is -2.05. The van der Waals surface area contributed by atoms with Crippen LogP contribution in [0.1, 0.15) is 40.5 Å². The monoisotopic (exact) mass is 350 g/mol. The van der Waals surface area contributed by atoms with E-state index in [-0.39, 0.29) is 5.91 Å². The first kappa shape index (κ1) is 14.5. The van der Waals surface area contributed by atoms with Crippen LogP contribution in [0.25, 0.3) is 21.3 Å². The highest BCUT2D eigenvalue weighted by Crippen LogP contribution is 2.40. The van der Waals surface area contributed by atoms with E-state index in [9.17, 15) is 4.79 Å². The fourth-order valence-electron chi connectivity index (χ4n) is 2.97. The lowest BCUT2D eigenvalue weighted by molar-refractivity contribution is 0.102. The Morgan fingerprint density at radius 3 is 2.92 bits per heavy atom. The molecule has 7 heteroatoms. The Morgan fingerprint density at radius 2 is 2.12 bits per heavy atom. The van der Waals surface area contributed by atoms with Gasteiger partial charge in [-0.15, -0.1) is 0 Å². The Kier molecular flexibility index (Phi) is 3.11. The number of anilines is 1. The molecule has 0 radical (unpaired) electrons. The summed E-state index contributed by atoms with van der Waals surface area (Å²) < 4.78 is 6.34. The normalized spacial score (nSPS) is 14.3. The number of benzene rings is 1. The van der Waals surface area contributed by atoms with Crippen LogP contribution in [0.4, 0.5) is 5.13 Å². The van der Waals surface area contributed by atoms with Crippen LogP contribution in [-0.2, 0) is 0 Å². The van der Waals surface area contributed by atoms with Crippen LogP contribution in [0.2, 0.25) is 0 Å². The number of para-hydroxylation sites is 1. The number of amides is 1. The third kappa shape index (κ3) is 2.47. The molecule has 0 atom stereocenters. The van der Waals surface area contributed by atoms with Gasteiger partial charge in [-0.3, -0.25) is 10.1 Å². The average Bonchev–Trinajstić information content (AvgIpc) is 3.29. The van der Waals surface area contributed by atoms with Gasteiger partial charge in [-0.2, -0.15) is 0 Å². The molecule has 0 saturated heterocycles. The number of aryl methyl sites for hydroxylation is 1. The number of nitrogens with one attached hydrogen (secondary N) is 1. The van der Waals surface area contributed by atoms with Gasteiger partial charge in [0.2, 0.25) is 0 Å². The quantitative estimate of drug-likeness (QED) is 0.597. The van der Waals surface area contributed by atoms with Gasteiger partial charge in [-0.05, 0) is 38.0 Å². The standard InChI is InChI=1S/C18H14N4O2S/c1-9-15-11(8-13(10-6-7-10)19-17(15)24-22-9)16(23)21-18-20-12-4-2-3-5-14(12)25-18/h2-5,8,10H,6-7H2,1H3,(H,20,21,23). The minimum Gasteiger partial charge on any atom is -0.336 e. The predicted molar refractivity (Wildman–Crippen MR) is 96.1 cm³/mol. The molecule has 5 rings (SSSR count). The summed E-state index contributed by atoms with van der Waals surface area (Å²) in [4.78, 5) is 21.9. The molecular formula is C18H14N4O2S. The molecule has 1 aliphatic carbocycles. The number of rotatable bonds is 3. The van der Waals surface area contributed by atoms with Gasteiger partial charge in [0.05, 0.1) is 26.9 Å². The Morgan fingerprint density at radius 1 is 1.28 bits per heavy atom. The number of hydrogen-bond acceptors (Lipinski definition) is 6. The summed E-state index contributed by atoms with van der Waals surface area (Å²) in [5.41, 5.74) is 3.42. The Labute approximate surface area is 146 Å². The maximum Gasteiger partial charge on any atom is 0.259 e. The zero-order valence-electron chi connectivity index (χ0n) is 13.4. The largest absolute Gasteiger partial charge is 0.336 e. The summed E-state index contributed by atoms with van der Waals surface area (Å²) in [6.45, 7) is 1.82. The zero-order valence-corrected chi connectivity index (χ0v) is 14.3. The van der Waals surface area contributed by atoms with Gasteiger partial charge in [-0.25, -0.2) is 9.97 Å². The minimum atomic E-state index is -0.209. The van der Waals surface area contributed by atoms with E-state index in [1.54, 1.807) is 0 Å². The highest BCUT2D eigenvalue weighted by Gasteiger charge is 2.28. The molecular weight excluding hydrogens is 336 g/mol. The van der Waals surface area contributed by atoms with Crippen molar-refractivity contribution in [2.75, 3.05) is 5.32 Å². The van der Waals surface area contributed by atoms with Crippen LogP contribution in [0.5, 0.6) is 0 Å². The summed E-state index contributed by atoms with van der Waals surface area (Å²) in [5, 5.41) is 8.14. The lowest BCUT2D eigenvalue weighted by atomic mass is 10.1. The Hall–Kier alpha value is -2.80. The van der Waals surface area contributed by atoms with Crippen molar-refractivity contribution in [2.24, 2.45) is 0 Å². The molecule has 0 spiro atoms. The maximum atomic E-state index is 12.9. The van der Waals surface area contributed by atoms with Crippen molar-refractivity contribution >= 4 is 43.7 Å². The lowest BCUT2D eigenvalue weighted by Crippen LogP contribution is -2.13. The first-order valence-corrected chi connectivity index (χ1v) is 8.94. The molecule has 4 aromatic rings. The van der Waals surface area contributed by atoms with E-state index >= 15 is 0 Å². The van der Waals surface area contributed by atoms with Gasteiger partial charge in [0.25, 0.3) is 11.6 Å². The van der Waals surface area contributed by atoms with Crippen LogP contribution in [0.3, 0.4) is 0 Å². The van der Waals surface area contributed by atoms with E-state index < -0.39 is 0 Å². The highest BCUT2D eigenvalue weighted by atomic mass is 32.1. The molecule has 124 valence electrons. The van der Waals surface area contributed by atoms with Crippen molar-refractivity contribution in [3.05, 3.63) is 47.3 Å². The van der Waals surface area contributed by atoms with Crippen molar-refractivity contribution in [1.29, 1.82) is 0 Å². The van der Waals surface area contributed by atoms with Gasteiger partial charge in [0, 0.05) is 11.6 Å². The van der Waals surface area contributed by atoms with Gasteiger partial charge in [0.1, 0.15) is 0 Å². The predicted octanol–water partition coefficient (Wildman–Crippen LogP) is 4.27. The van der Waals surface area contributed by atoms with Gasteiger partial charge in [0.15, 0.2) is 5.13 Å². The molecule has 1 N–H and O–H groups in total. The van der Waals surface area contributed by atoms with Gasteiger partial charge < -0.3 is 4.52 Å². The third-order valence-electron chi connectivity index (χ3n) is 4.39. The molecule has 1 aromatic carbocycles. The van der Waals surface area contributed by atoms with Crippen LogP contribution in [0.15, 0.2) is 34.9 Å². The van der Waals surface area contributed by atoms with E-state index in [4.69, 9.17) is 4.52 Å². The Balaban J connectivity index is 1.56. The molecule has 3 heterocycles. The number of carbonyl (C=O) groups excluding carboxylic acids is 1. The topological polar surface area (TPSA) is 80.9 Å². The summed E-state index contributed by atoms with van der Waals surface area (Å²) in [6.07, 6.45) is 2.20. The number of thiazole rings is 1. The fraction of sp³-hybridized carbons (Fsp3) is 0.222. The van der Waals surface area contributed by atoms with Crippen LogP contribution in [-0.4, -0.2) is 21.0 Å². The van der Waals surface area contributed by atoms with Crippen molar-refractivity contribution in [2.45, 2.75) is 25.7 Å². The van der Waals surface area contributed by atoms with Crippen molar-refractivity contribution in [3.8, 4) is 0 Å². The molecule has 6 nitrogen and oxygen atoms in total. The fourth-order valence-corrected chi connectivity index (χ4v) is 3.83. The number of hydrogen-bond donors (Lipinski definition) is 1. The summed E-state index contributed by atoms with van der Waals surface area (Å²) in [5.74, 6) is 0.212. The van der Waals surface area contributed by atoms with Crippen molar-refractivity contribution in [1.82, 2.24) is 15.1 Å². The summed E-state index contributed by atoms with van der Waals surface area (Å²) in [6, 6.07) is 9.68. The number of fused-ring (bicyclic) bond motifs is 2. The molecule has 1 amide bonds. The minimum absolute atomic E-state index is 0.209. The molecule has 0 aliphatic heterocycles. The number of aromatic nitrogens is 3. The molecule has 3 aromatic heterocycles. The number of carbonyl (C=O) groups is 1. The molecule has 0 unspecified atom stereocenters. The van der Waals surface area contributed by atoms with Crippen LogP contribution < -0.4 is 5.32 Å². The number of pyridine rings is 1. The molecule has 1 fully saturated rings. The average molecular weight is 350 g/mol.